The van der Waals surface area contributed by atoms with Crippen LogP contribution in [0.2, 0.25) is 0 Å². The molecule has 0 aliphatic heterocycles. The Kier molecular flexibility index (Phi) is 4.55. The van der Waals surface area contributed by atoms with E-state index in [9.17, 15) is 14.0 Å². The first kappa shape index (κ1) is 17.4. The van der Waals surface area contributed by atoms with Crippen molar-refractivity contribution in [2.24, 2.45) is 0 Å². The van der Waals surface area contributed by atoms with Gasteiger partial charge >= 0.3 is 0 Å². The molecule has 0 spiro atoms. The number of nitrogens with one attached hydrogen (secondary N) is 2. The number of anilines is 2. The molecule has 0 unspecified atom stereocenters. The minimum Gasteiger partial charge on any atom is -0.321 e. The maximum Gasteiger partial charge on any atom is 0.292 e. The van der Waals surface area contributed by atoms with Gasteiger partial charge in [-0.3, -0.25) is 14.0 Å². The number of aromatic nitrogens is 2. The quantitative estimate of drug-likeness (QED) is 0.567. The Morgan fingerprint density at radius 3 is 2.32 bits per heavy atom. The van der Waals surface area contributed by atoms with E-state index in [0.717, 1.165) is 0 Å². The van der Waals surface area contributed by atoms with Gasteiger partial charge in [-0.15, -0.1) is 0 Å². The summed E-state index contributed by atoms with van der Waals surface area (Å²) in [6.45, 7) is 0. The van der Waals surface area contributed by atoms with Crippen LogP contribution in [0.15, 0.2) is 79.0 Å². The average Bonchev–Trinajstić information content (AvgIpc) is 3.10. The molecule has 2 aromatic heterocycles. The Morgan fingerprint density at radius 1 is 0.821 bits per heavy atom. The highest BCUT2D eigenvalue weighted by Gasteiger charge is 2.22. The summed E-state index contributed by atoms with van der Waals surface area (Å²) in [5.41, 5.74) is 1.22. The van der Waals surface area contributed by atoms with E-state index in [4.69, 9.17) is 0 Å². The third kappa shape index (κ3) is 3.33. The predicted molar refractivity (Wildman–Crippen MR) is 104 cm³/mol. The lowest BCUT2D eigenvalue weighted by Gasteiger charge is -2.05. The van der Waals surface area contributed by atoms with Gasteiger partial charge in [-0.25, -0.2) is 9.37 Å². The van der Waals surface area contributed by atoms with Crippen molar-refractivity contribution in [3.63, 3.8) is 0 Å². The van der Waals surface area contributed by atoms with Crippen LogP contribution in [0.5, 0.6) is 0 Å². The maximum absolute atomic E-state index is 13.8. The van der Waals surface area contributed by atoms with Gasteiger partial charge in [-0.05, 0) is 36.4 Å². The number of fused-ring (bicyclic) bond motifs is 1. The zero-order chi connectivity index (χ0) is 19.5. The summed E-state index contributed by atoms with van der Waals surface area (Å²) < 4.78 is 15.3. The second kappa shape index (κ2) is 7.32. The summed E-state index contributed by atoms with van der Waals surface area (Å²) in [5, 5.41) is 5.25. The van der Waals surface area contributed by atoms with E-state index in [1.807, 2.05) is 6.07 Å². The highest BCUT2D eigenvalue weighted by Crippen LogP contribution is 2.18. The number of nitrogens with zero attached hydrogens (tertiary/aromatic N) is 2. The Morgan fingerprint density at radius 2 is 1.54 bits per heavy atom. The number of pyridine rings is 1. The monoisotopic (exact) mass is 374 g/mol. The van der Waals surface area contributed by atoms with E-state index in [-0.39, 0.29) is 17.2 Å². The van der Waals surface area contributed by atoms with Crippen LogP contribution < -0.4 is 10.6 Å². The van der Waals surface area contributed by atoms with Crippen LogP contribution in [-0.2, 0) is 0 Å². The first-order valence-electron chi connectivity index (χ1n) is 8.53. The minimum atomic E-state index is -0.620. The number of rotatable bonds is 4. The van der Waals surface area contributed by atoms with Crippen molar-refractivity contribution >= 4 is 28.7 Å². The van der Waals surface area contributed by atoms with Crippen molar-refractivity contribution in [1.82, 2.24) is 9.38 Å². The Labute approximate surface area is 159 Å². The normalized spacial score (nSPS) is 10.6. The third-order valence-corrected chi connectivity index (χ3v) is 4.12. The van der Waals surface area contributed by atoms with Crippen LogP contribution in [0.25, 0.3) is 5.52 Å². The summed E-state index contributed by atoms with van der Waals surface area (Å²) >= 11 is 0. The summed E-state index contributed by atoms with van der Waals surface area (Å²) in [6, 6.07) is 19.9. The van der Waals surface area contributed by atoms with Crippen LogP contribution in [0.4, 0.5) is 15.8 Å². The summed E-state index contributed by atoms with van der Waals surface area (Å²) in [7, 11) is 0. The Hall–Kier alpha value is -4.00. The smallest absolute Gasteiger partial charge is 0.292 e. The zero-order valence-corrected chi connectivity index (χ0v) is 14.6. The first-order chi connectivity index (χ1) is 13.6. The molecule has 0 fully saturated rings. The van der Waals surface area contributed by atoms with Crippen molar-refractivity contribution < 1.29 is 14.0 Å². The molecule has 0 aliphatic rings. The number of halogens is 1. The lowest BCUT2D eigenvalue weighted by atomic mass is 10.3. The molecule has 2 heterocycles. The molecule has 0 atom stereocenters. The molecule has 0 saturated heterocycles. The molecule has 2 N–H and O–H groups in total. The molecule has 4 aromatic rings. The van der Waals surface area contributed by atoms with E-state index in [2.05, 4.69) is 15.6 Å². The van der Waals surface area contributed by atoms with Gasteiger partial charge in [0.25, 0.3) is 11.8 Å². The van der Waals surface area contributed by atoms with Gasteiger partial charge in [-0.2, -0.15) is 0 Å². The largest absolute Gasteiger partial charge is 0.321 e. The van der Waals surface area contributed by atoms with Crippen LogP contribution in [0, 0.1) is 5.82 Å². The molecule has 138 valence electrons. The summed E-state index contributed by atoms with van der Waals surface area (Å²) in [4.78, 5) is 29.6. The van der Waals surface area contributed by atoms with Gasteiger partial charge in [-0.1, -0.05) is 36.4 Å². The van der Waals surface area contributed by atoms with E-state index in [1.165, 1.54) is 22.6 Å². The summed E-state index contributed by atoms with van der Waals surface area (Å²) in [6.07, 6.45) is 1.62. The highest BCUT2D eigenvalue weighted by molar-refractivity contribution is 6.10. The van der Waals surface area contributed by atoms with Gasteiger partial charge < -0.3 is 10.6 Å². The topological polar surface area (TPSA) is 75.5 Å². The van der Waals surface area contributed by atoms with Gasteiger partial charge in [0.05, 0.1) is 11.2 Å². The first-order valence-corrected chi connectivity index (χ1v) is 8.53. The van der Waals surface area contributed by atoms with Crippen molar-refractivity contribution in [2.75, 3.05) is 10.6 Å². The number of hydrogen-bond acceptors (Lipinski definition) is 3. The standard InChI is InChI=1S/C21H15FN4O2/c22-15-10-4-5-11-16(15)24-21(28)19-25-18(17-12-6-7-13-26(17)19)20(27)23-14-8-2-1-3-9-14/h1-13H,(H,23,27)(H,24,28). The highest BCUT2D eigenvalue weighted by atomic mass is 19.1. The zero-order valence-electron chi connectivity index (χ0n) is 14.6. The van der Waals surface area contributed by atoms with E-state index < -0.39 is 17.6 Å². The van der Waals surface area contributed by atoms with Crippen LogP contribution in [-0.4, -0.2) is 21.2 Å². The SMILES string of the molecule is O=C(Nc1ccccc1)c1nc(C(=O)Nc2ccccc2F)n2ccccc12. The molecule has 0 radical (unpaired) electrons. The molecule has 2 aromatic carbocycles. The fourth-order valence-corrected chi connectivity index (χ4v) is 2.82. The fraction of sp³-hybridized carbons (Fsp3) is 0. The maximum atomic E-state index is 13.8. The Bertz CT molecular complexity index is 1170. The molecule has 0 bridgehead atoms. The van der Waals surface area contributed by atoms with Crippen molar-refractivity contribution in [2.45, 2.75) is 0 Å². The lowest BCUT2D eigenvalue weighted by molar-refractivity contribution is 0.101. The lowest BCUT2D eigenvalue weighted by Crippen LogP contribution is -2.17. The number of para-hydroxylation sites is 2. The number of imidazole rings is 1. The molecule has 4 rings (SSSR count). The van der Waals surface area contributed by atoms with Crippen molar-refractivity contribution in [3.05, 3.63) is 96.3 Å². The van der Waals surface area contributed by atoms with Crippen LogP contribution in [0.1, 0.15) is 21.1 Å². The fourth-order valence-electron chi connectivity index (χ4n) is 2.82. The molecular formula is C21H15FN4O2. The van der Waals surface area contributed by atoms with Gasteiger partial charge in [0, 0.05) is 11.9 Å². The van der Waals surface area contributed by atoms with Crippen LogP contribution >= 0.6 is 0 Å². The average molecular weight is 374 g/mol. The van der Waals surface area contributed by atoms with E-state index >= 15 is 0 Å². The predicted octanol–water partition coefficient (Wildman–Crippen LogP) is 3.98. The third-order valence-electron chi connectivity index (χ3n) is 4.12. The van der Waals surface area contributed by atoms with Crippen LogP contribution in [0.3, 0.4) is 0 Å². The Balaban J connectivity index is 1.69. The van der Waals surface area contributed by atoms with Crippen molar-refractivity contribution in [3.8, 4) is 0 Å². The second-order valence-electron chi connectivity index (χ2n) is 5.99. The number of carbonyl (C=O) groups is 2. The second-order valence-corrected chi connectivity index (χ2v) is 5.99. The minimum absolute atomic E-state index is 0.0166. The molecule has 7 heteroatoms. The molecule has 0 aliphatic carbocycles. The van der Waals surface area contributed by atoms with Gasteiger partial charge in [0.2, 0.25) is 5.82 Å². The molecule has 6 nitrogen and oxygen atoms in total. The molecule has 0 saturated carbocycles. The number of benzene rings is 2. The van der Waals surface area contributed by atoms with E-state index in [0.29, 0.717) is 11.2 Å². The summed E-state index contributed by atoms with van der Waals surface area (Å²) in [5.74, 6) is -1.64. The number of amides is 2. The van der Waals surface area contributed by atoms with Gasteiger partial charge in [0.1, 0.15) is 5.82 Å². The van der Waals surface area contributed by atoms with Crippen molar-refractivity contribution in [1.29, 1.82) is 0 Å². The molecule has 2 amide bonds. The molecular weight excluding hydrogens is 359 g/mol. The number of carbonyl (C=O) groups excluding carboxylic acids is 2. The van der Waals surface area contributed by atoms with Gasteiger partial charge in [0.15, 0.2) is 5.69 Å². The number of hydrogen-bond donors (Lipinski definition) is 2. The van der Waals surface area contributed by atoms with E-state index in [1.54, 1.807) is 54.7 Å². The molecule has 28 heavy (non-hydrogen) atoms.